The largest absolute Gasteiger partial charge is 0.463 e. The maximum absolute atomic E-state index is 11.1. The van der Waals surface area contributed by atoms with E-state index in [4.69, 9.17) is 4.74 Å². The van der Waals surface area contributed by atoms with Gasteiger partial charge >= 0.3 is 5.97 Å². The summed E-state index contributed by atoms with van der Waals surface area (Å²) in [5.74, 6) is 1.44. The highest BCUT2D eigenvalue weighted by molar-refractivity contribution is 5.65. The Labute approximate surface area is 122 Å². The third-order valence-electron chi connectivity index (χ3n) is 6.47. The Morgan fingerprint density at radius 1 is 1.20 bits per heavy atom. The summed E-state index contributed by atoms with van der Waals surface area (Å²) in [6.07, 6.45) is 5.53. The van der Waals surface area contributed by atoms with Gasteiger partial charge in [-0.2, -0.15) is 0 Å². The zero-order valence-electron chi connectivity index (χ0n) is 13.2. The van der Waals surface area contributed by atoms with Gasteiger partial charge in [-0.05, 0) is 60.7 Å². The molecule has 0 amide bonds. The Hall–Kier alpha value is -0.570. The topological polar surface area (TPSA) is 46.5 Å². The molecule has 20 heavy (non-hydrogen) atoms. The van der Waals surface area contributed by atoms with Crippen LogP contribution in [0.25, 0.3) is 0 Å². The van der Waals surface area contributed by atoms with Crippen LogP contribution < -0.4 is 0 Å². The first-order valence-electron chi connectivity index (χ1n) is 8.02. The summed E-state index contributed by atoms with van der Waals surface area (Å²) in [6.45, 7) is 8.68. The number of esters is 1. The highest BCUT2D eigenvalue weighted by Crippen LogP contribution is 2.70. The van der Waals surface area contributed by atoms with Gasteiger partial charge in [-0.15, -0.1) is 0 Å². The van der Waals surface area contributed by atoms with Crippen LogP contribution in [0.5, 0.6) is 0 Å². The first kappa shape index (κ1) is 14.4. The van der Waals surface area contributed by atoms with Gasteiger partial charge in [-0.3, -0.25) is 4.79 Å². The van der Waals surface area contributed by atoms with E-state index in [1.165, 1.54) is 19.8 Å². The molecule has 0 spiro atoms. The average molecular weight is 280 g/mol. The van der Waals surface area contributed by atoms with Crippen molar-refractivity contribution in [3.05, 3.63) is 0 Å². The van der Waals surface area contributed by atoms with E-state index in [0.29, 0.717) is 11.3 Å². The monoisotopic (exact) mass is 280 g/mol. The molecule has 0 unspecified atom stereocenters. The molecule has 0 heterocycles. The molecule has 0 radical (unpaired) electrons. The molecule has 3 heteroatoms. The van der Waals surface area contributed by atoms with Gasteiger partial charge < -0.3 is 9.84 Å². The van der Waals surface area contributed by atoms with Crippen molar-refractivity contribution in [1.29, 1.82) is 0 Å². The fourth-order valence-corrected chi connectivity index (χ4v) is 5.27. The minimum atomic E-state index is -0.798. The number of ether oxygens (including phenoxy) is 1. The summed E-state index contributed by atoms with van der Waals surface area (Å²) in [5.41, 5.74) is -0.0797. The number of aliphatic hydroxyl groups is 1. The van der Waals surface area contributed by atoms with Crippen LogP contribution in [-0.4, -0.2) is 23.3 Å². The van der Waals surface area contributed by atoms with Gasteiger partial charge in [-0.25, -0.2) is 0 Å². The third-order valence-corrected chi connectivity index (χ3v) is 6.47. The van der Waals surface area contributed by atoms with Crippen molar-refractivity contribution in [1.82, 2.24) is 0 Å². The van der Waals surface area contributed by atoms with Crippen molar-refractivity contribution in [3.63, 3.8) is 0 Å². The van der Waals surface area contributed by atoms with E-state index in [9.17, 15) is 9.90 Å². The van der Waals surface area contributed by atoms with Gasteiger partial charge in [0.05, 0.1) is 0 Å². The van der Waals surface area contributed by atoms with E-state index >= 15 is 0 Å². The van der Waals surface area contributed by atoms with Crippen molar-refractivity contribution in [2.75, 3.05) is 6.61 Å². The predicted octanol–water partition coefficient (Wildman–Crippen LogP) is 3.15. The van der Waals surface area contributed by atoms with E-state index in [0.717, 1.165) is 25.2 Å². The molecule has 3 nitrogen and oxygen atoms in total. The fourth-order valence-electron chi connectivity index (χ4n) is 5.27. The maximum Gasteiger partial charge on any atom is 0.302 e. The predicted molar refractivity (Wildman–Crippen MR) is 77.0 cm³/mol. The van der Waals surface area contributed by atoms with E-state index < -0.39 is 5.60 Å². The lowest BCUT2D eigenvalue weighted by molar-refractivity contribution is -0.153. The van der Waals surface area contributed by atoms with Crippen LogP contribution in [0.15, 0.2) is 0 Å². The van der Waals surface area contributed by atoms with E-state index in [1.54, 1.807) is 0 Å². The molecule has 0 aromatic heterocycles. The number of carbonyl (C=O) groups is 1. The fraction of sp³-hybridized carbons (Fsp3) is 0.941. The second-order valence-electron chi connectivity index (χ2n) is 8.61. The van der Waals surface area contributed by atoms with Crippen LogP contribution in [0.4, 0.5) is 0 Å². The molecule has 5 atom stereocenters. The Morgan fingerprint density at radius 2 is 1.90 bits per heavy atom. The minimum Gasteiger partial charge on any atom is -0.463 e. The first-order chi connectivity index (χ1) is 9.16. The molecule has 3 aliphatic rings. The van der Waals surface area contributed by atoms with Gasteiger partial charge in [0.1, 0.15) is 12.2 Å². The van der Waals surface area contributed by atoms with Crippen molar-refractivity contribution in [3.8, 4) is 0 Å². The molecule has 0 aromatic rings. The zero-order valence-corrected chi connectivity index (χ0v) is 13.2. The summed E-state index contributed by atoms with van der Waals surface area (Å²) in [4.78, 5) is 11.1. The Kier molecular flexibility index (Phi) is 3.03. The summed E-state index contributed by atoms with van der Waals surface area (Å²) in [6, 6.07) is 0. The molecule has 3 aliphatic carbocycles. The second kappa shape index (κ2) is 4.22. The zero-order chi connectivity index (χ0) is 14.8. The van der Waals surface area contributed by atoms with Crippen molar-refractivity contribution in [2.45, 2.75) is 65.4 Å². The Morgan fingerprint density at radius 3 is 2.55 bits per heavy atom. The summed E-state index contributed by atoms with van der Waals surface area (Å²) in [5, 5.41) is 11.1. The molecule has 0 aliphatic heterocycles. The SMILES string of the molecule is CC(=O)OC[C@]1(O)CC[C@@H]2[C@@H]1CC(C)(C)C[C@H]1C[C@]12C. The second-order valence-corrected chi connectivity index (χ2v) is 8.61. The molecule has 114 valence electrons. The standard InChI is InChI=1S/C17H28O3/c1-11(18)20-10-17(19)6-5-13-14(17)9-15(2,3)7-12-8-16(12,13)4/h12-14,19H,5-10H2,1-4H3/t12-,13+,14-,16+,17+/m0/s1. The number of hydrogen-bond donors (Lipinski definition) is 1. The van der Waals surface area contributed by atoms with Gasteiger partial charge in [0.2, 0.25) is 0 Å². The van der Waals surface area contributed by atoms with Crippen LogP contribution in [0.2, 0.25) is 0 Å². The van der Waals surface area contributed by atoms with E-state index in [-0.39, 0.29) is 23.9 Å². The normalized spacial score (nSPS) is 49.0. The Balaban J connectivity index is 1.85. The molecule has 1 N–H and O–H groups in total. The highest BCUT2D eigenvalue weighted by Gasteiger charge is 2.65. The van der Waals surface area contributed by atoms with Gasteiger partial charge in [0.15, 0.2) is 0 Å². The number of carbonyl (C=O) groups excluding carboxylic acids is 1. The lowest BCUT2D eigenvalue weighted by Gasteiger charge is -2.37. The molecule has 0 saturated heterocycles. The number of fused-ring (bicyclic) bond motifs is 3. The van der Waals surface area contributed by atoms with Crippen LogP contribution in [0, 0.1) is 28.6 Å². The molecule has 3 fully saturated rings. The average Bonchev–Trinajstić information content (AvgIpc) is 2.84. The molecule has 0 aromatic carbocycles. The molecule has 3 rings (SSSR count). The quantitative estimate of drug-likeness (QED) is 0.790. The Bertz CT molecular complexity index is 430. The lowest BCUT2D eigenvalue weighted by Crippen LogP contribution is -2.43. The minimum absolute atomic E-state index is 0.181. The maximum atomic E-state index is 11.1. The van der Waals surface area contributed by atoms with Crippen LogP contribution >= 0.6 is 0 Å². The molecular weight excluding hydrogens is 252 g/mol. The summed E-state index contributed by atoms with van der Waals surface area (Å²) >= 11 is 0. The van der Waals surface area contributed by atoms with Crippen molar-refractivity contribution < 1.29 is 14.6 Å². The van der Waals surface area contributed by atoms with Gasteiger partial charge in [0, 0.05) is 6.92 Å². The van der Waals surface area contributed by atoms with Gasteiger partial charge in [0.25, 0.3) is 0 Å². The molecule has 0 bridgehead atoms. The van der Waals surface area contributed by atoms with Gasteiger partial charge in [-0.1, -0.05) is 20.8 Å². The molecular formula is C17H28O3. The van der Waals surface area contributed by atoms with Crippen LogP contribution in [-0.2, 0) is 9.53 Å². The highest BCUT2D eigenvalue weighted by atomic mass is 16.5. The number of hydrogen-bond acceptors (Lipinski definition) is 3. The van der Waals surface area contributed by atoms with Crippen molar-refractivity contribution in [2.24, 2.45) is 28.6 Å². The van der Waals surface area contributed by atoms with Crippen molar-refractivity contribution >= 4 is 5.97 Å². The number of rotatable bonds is 2. The molecule has 3 saturated carbocycles. The first-order valence-corrected chi connectivity index (χ1v) is 8.02. The smallest absolute Gasteiger partial charge is 0.302 e. The summed E-state index contributed by atoms with van der Waals surface area (Å²) in [7, 11) is 0. The summed E-state index contributed by atoms with van der Waals surface area (Å²) < 4.78 is 5.18. The lowest BCUT2D eigenvalue weighted by atomic mass is 9.72. The third kappa shape index (κ3) is 2.18. The van der Waals surface area contributed by atoms with Crippen LogP contribution in [0.3, 0.4) is 0 Å². The van der Waals surface area contributed by atoms with E-state index in [2.05, 4.69) is 20.8 Å². The van der Waals surface area contributed by atoms with E-state index in [1.807, 2.05) is 0 Å². The van der Waals surface area contributed by atoms with Crippen LogP contribution in [0.1, 0.15) is 59.8 Å².